The first-order valence-electron chi connectivity index (χ1n) is 7.44. The minimum Gasteiger partial charge on any atom is -0.481 e. The molecule has 0 saturated carbocycles. The van der Waals surface area contributed by atoms with Gasteiger partial charge in [0, 0.05) is 12.6 Å². The molecule has 6 nitrogen and oxygen atoms in total. The second-order valence-corrected chi connectivity index (χ2v) is 5.07. The molecule has 0 radical (unpaired) electrons. The van der Waals surface area contributed by atoms with E-state index in [1.54, 1.807) is 18.2 Å². The van der Waals surface area contributed by atoms with Crippen molar-refractivity contribution in [3.63, 3.8) is 0 Å². The smallest absolute Gasteiger partial charge is 0.308 e. The van der Waals surface area contributed by atoms with Gasteiger partial charge in [0.25, 0.3) is 11.9 Å². The Morgan fingerprint density at radius 3 is 2.61 bits per heavy atom. The number of carbonyl (C=O) groups excluding carboxylic acids is 1. The van der Waals surface area contributed by atoms with Crippen molar-refractivity contribution < 1.29 is 23.8 Å². The average Bonchev–Trinajstić information content (AvgIpc) is 3.00. The summed E-state index contributed by atoms with van der Waals surface area (Å²) in [6.45, 7) is 1.97. The van der Waals surface area contributed by atoms with Gasteiger partial charge in [-0.1, -0.05) is 31.5 Å². The van der Waals surface area contributed by atoms with E-state index < -0.39 is 17.8 Å². The van der Waals surface area contributed by atoms with Gasteiger partial charge in [0.15, 0.2) is 5.76 Å². The largest absolute Gasteiger partial charge is 0.481 e. The van der Waals surface area contributed by atoms with Crippen LogP contribution in [0.5, 0.6) is 11.7 Å². The molecule has 2 N–H and O–H groups in total. The molecule has 0 spiro atoms. The van der Waals surface area contributed by atoms with Crippen molar-refractivity contribution in [3.05, 3.63) is 48.2 Å². The summed E-state index contributed by atoms with van der Waals surface area (Å²) >= 11 is 0. The Morgan fingerprint density at radius 1 is 1.22 bits per heavy atom. The number of carboxylic acids is 1. The van der Waals surface area contributed by atoms with Crippen molar-refractivity contribution in [1.82, 2.24) is 5.32 Å². The van der Waals surface area contributed by atoms with Gasteiger partial charge in [0.1, 0.15) is 5.75 Å². The van der Waals surface area contributed by atoms with E-state index in [4.69, 9.17) is 14.3 Å². The summed E-state index contributed by atoms with van der Waals surface area (Å²) < 4.78 is 10.8. The molecular weight excluding hydrogens is 298 g/mol. The van der Waals surface area contributed by atoms with Gasteiger partial charge in [-0.05, 0) is 24.6 Å². The zero-order valence-corrected chi connectivity index (χ0v) is 12.8. The Hall–Kier alpha value is -2.76. The van der Waals surface area contributed by atoms with Crippen LogP contribution in [0.1, 0.15) is 30.3 Å². The standard InChI is InChI=1S/C17H19NO5/c1-2-6-12(17(20)21)11-18-16(19)14-9-10-15(23-14)22-13-7-4-3-5-8-13/h3-5,7-10,12H,2,6,11H2,1H3,(H,18,19)(H,20,21). The number of furan rings is 1. The van der Waals surface area contributed by atoms with E-state index in [-0.39, 0.29) is 18.3 Å². The van der Waals surface area contributed by atoms with Crippen molar-refractivity contribution in [2.45, 2.75) is 19.8 Å². The van der Waals surface area contributed by atoms with Crippen molar-refractivity contribution in [1.29, 1.82) is 0 Å². The molecule has 1 heterocycles. The number of nitrogens with one attached hydrogen (secondary N) is 1. The molecule has 0 aliphatic carbocycles. The fraction of sp³-hybridized carbons (Fsp3) is 0.294. The van der Waals surface area contributed by atoms with Gasteiger partial charge in [-0.25, -0.2) is 0 Å². The van der Waals surface area contributed by atoms with E-state index in [0.717, 1.165) is 6.42 Å². The minimum absolute atomic E-state index is 0.0670. The van der Waals surface area contributed by atoms with Crippen molar-refractivity contribution in [2.75, 3.05) is 6.54 Å². The molecule has 23 heavy (non-hydrogen) atoms. The van der Waals surface area contributed by atoms with Gasteiger partial charge in [-0.3, -0.25) is 9.59 Å². The molecule has 1 atom stereocenters. The number of rotatable bonds is 8. The van der Waals surface area contributed by atoms with E-state index in [2.05, 4.69) is 5.32 Å². The van der Waals surface area contributed by atoms with Gasteiger partial charge in [0.05, 0.1) is 5.92 Å². The Kier molecular flexibility index (Phi) is 5.80. The predicted octanol–water partition coefficient (Wildman–Crippen LogP) is 3.30. The maximum absolute atomic E-state index is 12.0. The first kappa shape index (κ1) is 16.6. The Bertz CT molecular complexity index is 650. The summed E-state index contributed by atoms with van der Waals surface area (Å²) in [5.41, 5.74) is 0. The van der Waals surface area contributed by atoms with Crippen LogP contribution in [0.3, 0.4) is 0 Å². The van der Waals surface area contributed by atoms with Crippen molar-refractivity contribution in [3.8, 4) is 11.7 Å². The van der Waals surface area contributed by atoms with Gasteiger partial charge < -0.3 is 19.6 Å². The lowest BCUT2D eigenvalue weighted by Crippen LogP contribution is -2.32. The molecular formula is C17H19NO5. The average molecular weight is 317 g/mol. The third kappa shape index (κ3) is 4.88. The maximum atomic E-state index is 12.0. The van der Waals surface area contributed by atoms with Crippen LogP contribution in [0.15, 0.2) is 46.9 Å². The first-order valence-corrected chi connectivity index (χ1v) is 7.44. The highest BCUT2D eigenvalue weighted by atomic mass is 16.6. The van der Waals surface area contributed by atoms with Crippen LogP contribution >= 0.6 is 0 Å². The highest BCUT2D eigenvalue weighted by Crippen LogP contribution is 2.23. The highest BCUT2D eigenvalue weighted by Gasteiger charge is 2.19. The van der Waals surface area contributed by atoms with E-state index in [1.165, 1.54) is 6.07 Å². The van der Waals surface area contributed by atoms with Crippen LogP contribution in [0, 0.1) is 5.92 Å². The molecule has 6 heteroatoms. The van der Waals surface area contributed by atoms with E-state index in [9.17, 15) is 9.59 Å². The van der Waals surface area contributed by atoms with Gasteiger partial charge >= 0.3 is 5.97 Å². The van der Waals surface area contributed by atoms with E-state index >= 15 is 0 Å². The Balaban J connectivity index is 1.92. The van der Waals surface area contributed by atoms with E-state index in [0.29, 0.717) is 12.2 Å². The number of para-hydroxylation sites is 1. The molecule has 1 amide bonds. The summed E-state index contributed by atoms with van der Waals surface area (Å²) in [5, 5.41) is 11.6. The van der Waals surface area contributed by atoms with Crippen LogP contribution in [0.25, 0.3) is 0 Å². The van der Waals surface area contributed by atoms with E-state index in [1.807, 2.05) is 25.1 Å². The monoisotopic (exact) mass is 317 g/mol. The summed E-state index contributed by atoms with van der Waals surface area (Å²) in [4.78, 5) is 23.0. The molecule has 1 aromatic carbocycles. The first-order chi connectivity index (χ1) is 11.1. The van der Waals surface area contributed by atoms with Crippen LogP contribution in [-0.2, 0) is 4.79 Å². The van der Waals surface area contributed by atoms with Crippen LogP contribution in [-0.4, -0.2) is 23.5 Å². The fourth-order valence-corrected chi connectivity index (χ4v) is 2.07. The lowest BCUT2D eigenvalue weighted by molar-refractivity contribution is -0.141. The molecule has 1 unspecified atom stereocenters. The zero-order chi connectivity index (χ0) is 16.7. The Morgan fingerprint density at radius 2 is 1.96 bits per heavy atom. The third-order valence-corrected chi connectivity index (χ3v) is 3.26. The quantitative estimate of drug-likeness (QED) is 0.780. The minimum atomic E-state index is -0.917. The number of carbonyl (C=O) groups is 2. The maximum Gasteiger partial charge on any atom is 0.308 e. The number of amides is 1. The number of hydrogen-bond acceptors (Lipinski definition) is 4. The number of carboxylic acid groups (broad SMARTS) is 1. The number of hydrogen-bond donors (Lipinski definition) is 2. The molecule has 0 fully saturated rings. The SMILES string of the molecule is CCCC(CNC(=O)c1ccc(Oc2ccccc2)o1)C(=O)O. The summed E-state index contributed by atoms with van der Waals surface area (Å²) in [7, 11) is 0. The van der Waals surface area contributed by atoms with Crippen molar-refractivity contribution >= 4 is 11.9 Å². The number of aliphatic carboxylic acids is 1. The fourth-order valence-electron chi connectivity index (χ4n) is 2.07. The number of ether oxygens (including phenoxy) is 1. The third-order valence-electron chi connectivity index (χ3n) is 3.26. The molecule has 0 bridgehead atoms. The molecule has 2 rings (SSSR count). The lowest BCUT2D eigenvalue weighted by atomic mass is 10.0. The molecule has 0 aliphatic rings. The normalized spacial score (nSPS) is 11.7. The van der Waals surface area contributed by atoms with Gasteiger partial charge in [-0.15, -0.1) is 0 Å². The summed E-state index contributed by atoms with van der Waals surface area (Å²) in [6.07, 6.45) is 1.25. The second kappa shape index (κ2) is 8.03. The zero-order valence-electron chi connectivity index (χ0n) is 12.8. The molecule has 122 valence electrons. The van der Waals surface area contributed by atoms with Crippen LogP contribution < -0.4 is 10.1 Å². The predicted molar refractivity (Wildman–Crippen MR) is 83.6 cm³/mol. The van der Waals surface area contributed by atoms with Gasteiger partial charge in [-0.2, -0.15) is 0 Å². The summed E-state index contributed by atoms with van der Waals surface area (Å²) in [6, 6.07) is 12.1. The molecule has 2 aromatic rings. The topological polar surface area (TPSA) is 88.8 Å². The van der Waals surface area contributed by atoms with Crippen LogP contribution in [0.2, 0.25) is 0 Å². The number of benzene rings is 1. The van der Waals surface area contributed by atoms with Crippen LogP contribution in [0.4, 0.5) is 0 Å². The Labute approximate surface area is 134 Å². The summed E-state index contributed by atoms with van der Waals surface area (Å²) in [5.74, 6) is -1.10. The second-order valence-electron chi connectivity index (χ2n) is 5.07. The molecule has 0 saturated heterocycles. The highest BCUT2D eigenvalue weighted by molar-refractivity contribution is 5.91. The van der Waals surface area contributed by atoms with Crippen molar-refractivity contribution in [2.24, 2.45) is 5.92 Å². The molecule has 1 aromatic heterocycles. The lowest BCUT2D eigenvalue weighted by Gasteiger charge is -2.11. The molecule has 0 aliphatic heterocycles. The van der Waals surface area contributed by atoms with Gasteiger partial charge in [0.2, 0.25) is 0 Å².